The fourth-order valence-electron chi connectivity index (χ4n) is 3.53. The summed E-state index contributed by atoms with van der Waals surface area (Å²) in [6, 6.07) is 7.64. The molecule has 23 heavy (non-hydrogen) atoms. The summed E-state index contributed by atoms with van der Waals surface area (Å²) in [5.74, 6) is 1.56. The van der Waals surface area contributed by atoms with Gasteiger partial charge in [-0.05, 0) is 49.3 Å². The number of hydrogen-bond donors (Lipinski definition) is 1. The number of nitrogens with one attached hydrogen (secondary N) is 1. The van der Waals surface area contributed by atoms with E-state index < -0.39 is 10.0 Å². The summed E-state index contributed by atoms with van der Waals surface area (Å²) >= 11 is 0. The molecule has 0 spiro atoms. The fourth-order valence-corrected chi connectivity index (χ4v) is 4.82. The van der Waals surface area contributed by atoms with Gasteiger partial charge in [0.05, 0.1) is 5.75 Å². The van der Waals surface area contributed by atoms with Gasteiger partial charge < -0.3 is 4.90 Å². The standard InChI is InChI=1S/C18H30N2O2S/c1-15-11-16(2)13-20(12-15)10-6-9-19-23(21,22)14-18-8-5-4-7-17(18)3/h4-5,7-8,15-16,19H,6,9-14H2,1-3H3/t15-,16-/m0/s1. The van der Waals surface area contributed by atoms with Crippen molar-refractivity contribution in [2.24, 2.45) is 11.8 Å². The second-order valence-corrected chi connectivity index (χ2v) is 8.95. The van der Waals surface area contributed by atoms with Crippen LogP contribution >= 0.6 is 0 Å². The number of aryl methyl sites for hydroxylation is 1. The molecule has 1 aliphatic rings. The molecule has 0 aromatic heterocycles. The quantitative estimate of drug-likeness (QED) is 0.778. The van der Waals surface area contributed by atoms with Crippen molar-refractivity contribution in [1.29, 1.82) is 0 Å². The number of hydrogen-bond acceptors (Lipinski definition) is 3. The van der Waals surface area contributed by atoms with Crippen LogP contribution < -0.4 is 4.72 Å². The van der Waals surface area contributed by atoms with Crippen molar-refractivity contribution in [2.45, 2.75) is 39.4 Å². The molecule has 1 aromatic rings. The number of nitrogens with zero attached hydrogens (tertiary/aromatic N) is 1. The Morgan fingerprint density at radius 1 is 1.17 bits per heavy atom. The Morgan fingerprint density at radius 3 is 2.48 bits per heavy atom. The first-order valence-corrected chi connectivity index (χ1v) is 10.2. The zero-order valence-corrected chi connectivity index (χ0v) is 15.4. The van der Waals surface area contributed by atoms with Gasteiger partial charge >= 0.3 is 0 Å². The maximum absolute atomic E-state index is 12.2. The summed E-state index contributed by atoms with van der Waals surface area (Å²) < 4.78 is 27.1. The lowest BCUT2D eigenvalue weighted by Crippen LogP contribution is -2.40. The second-order valence-electron chi connectivity index (χ2n) is 7.14. The number of benzene rings is 1. The first-order chi connectivity index (χ1) is 10.9. The Hall–Kier alpha value is -0.910. The van der Waals surface area contributed by atoms with E-state index in [1.807, 2.05) is 31.2 Å². The van der Waals surface area contributed by atoms with Gasteiger partial charge in [-0.2, -0.15) is 0 Å². The molecule has 0 unspecified atom stereocenters. The summed E-state index contributed by atoms with van der Waals surface area (Å²) in [5, 5.41) is 0. The largest absolute Gasteiger partial charge is 0.303 e. The van der Waals surface area contributed by atoms with Gasteiger partial charge in [0, 0.05) is 19.6 Å². The molecule has 2 atom stereocenters. The molecule has 4 nitrogen and oxygen atoms in total. The van der Waals surface area contributed by atoms with Crippen molar-refractivity contribution >= 4 is 10.0 Å². The molecule has 0 radical (unpaired) electrons. The van der Waals surface area contributed by atoms with Crippen LogP contribution in [0.2, 0.25) is 0 Å². The van der Waals surface area contributed by atoms with Gasteiger partial charge in [0.2, 0.25) is 10.0 Å². The van der Waals surface area contributed by atoms with Crippen LogP contribution in [-0.2, 0) is 15.8 Å². The van der Waals surface area contributed by atoms with Gasteiger partial charge in [-0.3, -0.25) is 0 Å². The lowest BCUT2D eigenvalue weighted by atomic mass is 9.92. The molecule has 1 fully saturated rings. The van der Waals surface area contributed by atoms with Gasteiger partial charge in [-0.25, -0.2) is 13.1 Å². The van der Waals surface area contributed by atoms with E-state index in [2.05, 4.69) is 23.5 Å². The van der Waals surface area contributed by atoms with E-state index in [4.69, 9.17) is 0 Å². The third-order valence-electron chi connectivity index (χ3n) is 4.52. The van der Waals surface area contributed by atoms with Crippen molar-refractivity contribution < 1.29 is 8.42 Å². The summed E-state index contributed by atoms with van der Waals surface area (Å²) in [6.07, 6.45) is 2.17. The zero-order chi connectivity index (χ0) is 16.9. The first kappa shape index (κ1) is 18.4. The molecule has 0 aliphatic carbocycles. The van der Waals surface area contributed by atoms with Gasteiger partial charge in [0.1, 0.15) is 0 Å². The van der Waals surface area contributed by atoms with Gasteiger partial charge in [0.15, 0.2) is 0 Å². The molecule has 130 valence electrons. The van der Waals surface area contributed by atoms with Crippen LogP contribution in [0, 0.1) is 18.8 Å². The third-order valence-corrected chi connectivity index (χ3v) is 5.86. The minimum Gasteiger partial charge on any atom is -0.303 e. The lowest BCUT2D eigenvalue weighted by molar-refractivity contribution is 0.140. The highest BCUT2D eigenvalue weighted by molar-refractivity contribution is 7.88. The lowest BCUT2D eigenvalue weighted by Gasteiger charge is -2.34. The third kappa shape index (κ3) is 6.24. The minimum atomic E-state index is -3.25. The molecule has 1 aliphatic heterocycles. The van der Waals surface area contributed by atoms with E-state index in [0.717, 1.165) is 49.0 Å². The Balaban J connectivity index is 1.74. The topological polar surface area (TPSA) is 49.4 Å². The highest BCUT2D eigenvalue weighted by Crippen LogP contribution is 2.20. The monoisotopic (exact) mass is 338 g/mol. The Bertz CT molecular complexity index is 591. The highest BCUT2D eigenvalue weighted by Gasteiger charge is 2.21. The van der Waals surface area contributed by atoms with Crippen molar-refractivity contribution in [3.05, 3.63) is 35.4 Å². The van der Waals surface area contributed by atoms with Crippen LogP contribution in [-0.4, -0.2) is 39.5 Å². The van der Waals surface area contributed by atoms with Crippen LogP contribution in [0.4, 0.5) is 0 Å². The molecule has 2 rings (SSSR count). The van der Waals surface area contributed by atoms with E-state index in [1.165, 1.54) is 6.42 Å². The molecule has 0 saturated carbocycles. The Labute approximate surface area is 141 Å². The van der Waals surface area contributed by atoms with Gasteiger partial charge in [0.25, 0.3) is 0 Å². The molecular weight excluding hydrogens is 308 g/mol. The van der Waals surface area contributed by atoms with E-state index >= 15 is 0 Å². The normalized spacial score (nSPS) is 23.1. The van der Waals surface area contributed by atoms with Gasteiger partial charge in [-0.15, -0.1) is 0 Å². The van der Waals surface area contributed by atoms with E-state index in [9.17, 15) is 8.42 Å². The van der Waals surface area contributed by atoms with Crippen molar-refractivity contribution in [1.82, 2.24) is 9.62 Å². The number of sulfonamides is 1. The van der Waals surface area contributed by atoms with E-state index in [-0.39, 0.29) is 5.75 Å². The fraction of sp³-hybridized carbons (Fsp3) is 0.667. The Morgan fingerprint density at radius 2 is 1.83 bits per heavy atom. The summed E-state index contributed by atoms with van der Waals surface area (Å²) in [7, 11) is -3.25. The average Bonchev–Trinajstić information content (AvgIpc) is 2.45. The summed E-state index contributed by atoms with van der Waals surface area (Å²) in [6.45, 7) is 10.3. The first-order valence-electron chi connectivity index (χ1n) is 8.60. The van der Waals surface area contributed by atoms with Crippen LogP contribution in [0.5, 0.6) is 0 Å². The summed E-state index contributed by atoms with van der Waals surface area (Å²) in [4.78, 5) is 2.47. The zero-order valence-electron chi connectivity index (χ0n) is 14.6. The van der Waals surface area contributed by atoms with Crippen LogP contribution in [0.15, 0.2) is 24.3 Å². The summed E-state index contributed by atoms with van der Waals surface area (Å²) in [5.41, 5.74) is 1.90. The predicted molar refractivity (Wildman–Crippen MR) is 95.8 cm³/mol. The molecule has 0 amide bonds. The molecule has 1 aromatic carbocycles. The van der Waals surface area contributed by atoms with E-state index in [1.54, 1.807) is 0 Å². The van der Waals surface area contributed by atoms with Crippen LogP contribution in [0.3, 0.4) is 0 Å². The van der Waals surface area contributed by atoms with Crippen LogP contribution in [0.25, 0.3) is 0 Å². The molecule has 0 bridgehead atoms. The number of likely N-dealkylation sites (tertiary alicyclic amines) is 1. The Kier molecular flexibility index (Phi) is 6.62. The van der Waals surface area contributed by atoms with Crippen molar-refractivity contribution in [3.63, 3.8) is 0 Å². The van der Waals surface area contributed by atoms with E-state index in [0.29, 0.717) is 6.54 Å². The molecule has 1 heterocycles. The highest BCUT2D eigenvalue weighted by atomic mass is 32.2. The molecular formula is C18H30N2O2S. The maximum Gasteiger partial charge on any atom is 0.215 e. The van der Waals surface area contributed by atoms with Gasteiger partial charge in [-0.1, -0.05) is 38.1 Å². The van der Waals surface area contributed by atoms with Crippen molar-refractivity contribution in [3.8, 4) is 0 Å². The van der Waals surface area contributed by atoms with Crippen LogP contribution in [0.1, 0.15) is 37.8 Å². The predicted octanol–water partition coefficient (Wildman–Crippen LogP) is 2.78. The minimum absolute atomic E-state index is 0.0669. The molecule has 1 saturated heterocycles. The smallest absolute Gasteiger partial charge is 0.215 e. The maximum atomic E-state index is 12.2. The SMILES string of the molecule is Cc1ccccc1CS(=O)(=O)NCCCN1C[C@@H](C)C[C@H](C)C1. The second kappa shape index (κ2) is 8.27. The molecule has 5 heteroatoms. The molecule has 1 N–H and O–H groups in total. The number of piperidine rings is 1. The number of rotatable bonds is 7. The average molecular weight is 339 g/mol. The van der Waals surface area contributed by atoms with Crippen molar-refractivity contribution in [2.75, 3.05) is 26.2 Å².